The fourth-order valence-corrected chi connectivity index (χ4v) is 1.56. The minimum Gasteiger partial charge on any atom is -0.485 e. The van der Waals surface area contributed by atoms with Crippen molar-refractivity contribution in [3.63, 3.8) is 0 Å². The number of ether oxygens (including phenoxy) is 2. The van der Waals surface area contributed by atoms with Gasteiger partial charge in [0.15, 0.2) is 17.1 Å². The van der Waals surface area contributed by atoms with Crippen molar-refractivity contribution in [1.29, 1.82) is 0 Å². The third-order valence-electron chi connectivity index (χ3n) is 2.78. The standard InChI is InChI=1S/C12H16O3/c1-8-4-10-11(5-9(8)2)15-12(3,6-13)7-14-10/h4-5,13H,6-7H2,1-3H3. The van der Waals surface area contributed by atoms with Crippen molar-refractivity contribution in [3.8, 4) is 11.5 Å². The predicted octanol–water partition coefficient (Wildman–Crippen LogP) is 1.83. The Bertz CT molecular complexity index is 387. The molecule has 2 rings (SSSR count). The van der Waals surface area contributed by atoms with Gasteiger partial charge in [0.2, 0.25) is 0 Å². The summed E-state index contributed by atoms with van der Waals surface area (Å²) in [6.45, 7) is 6.26. The molecule has 0 saturated heterocycles. The minimum atomic E-state index is -0.616. The van der Waals surface area contributed by atoms with E-state index in [0.29, 0.717) is 6.61 Å². The van der Waals surface area contributed by atoms with Crippen LogP contribution in [0.4, 0.5) is 0 Å². The molecule has 1 heterocycles. The number of rotatable bonds is 1. The molecule has 0 saturated carbocycles. The Kier molecular flexibility index (Phi) is 2.35. The Morgan fingerprint density at radius 1 is 1.27 bits per heavy atom. The molecule has 1 aromatic carbocycles. The third-order valence-corrected chi connectivity index (χ3v) is 2.78. The topological polar surface area (TPSA) is 38.7 Å². The maximum absolute atomic E-state index is 9.19. The van der Waals surface area contributed by atoms with Crippen LogP contribution in [0.25, 0.3) is 0 Å². The molecule has 0 spiro atoms. The molecule has 1 aliphatic rings. The SMILES string of the molecule is Cc1cc2c(cc1C)OC(C)(CO)CO2. The number of aliphatic hydroxyl groups is 1. The lowest BCUT2D eigenvalue weighted by atomic mass is 10.1. The third kappa shape index (κ3) is 1.79. The van der Waals surface area contributed by atoms with E-state index >= 15 is 0 Å². The predicted molar refractivity (Wildman–Crippen MR) is 57.5 cm³/mol. The van der Waals surface area contributed by atoms with Crippen LogP contribution in [0.5, 0.6) is 11.5 Å². The van der Waals surface area contributed by atoms with E-state index in [1.54, 1.807) is 0 Å². The molecule has 1 N–H and O–H groups in total. The Hall–Kier alpha value is -1.22. The lowest BCUT2D eigenvalue weighted by molar-refractivity contribution is -0.0337. The first-order valence-electron chi connectivity index (χ1n) is 5.08. The molecule has 3 heteroatoms. The zero-order chi connectivity index (χ0) is 11.1. The first kappa shape index (κ1) is 10.3. The van der Waals surface area contributed by atoms with E-state index in [2.05, 4.69) is 0 Å². The highest BCUT2D eigenvalue weighted by Gasteiger charge is 2.32. The molecular weight excluding hydrogens is 192 g/mol. The van der Waals surface area contributed by atoms with E-state index < -0.39 is 5.60 Å². The molecule has 1 atom stereocenters. The molecule has 3 nitrogen and oxygen atoms in total. The van der Waals surface area contributed by atoms with Gasteiger partial charge >= 0.3 is 0 Å². The van der Waals surface area contributed by atoms with E-state index in [1.165, 1.54) is 11.1 Å². The molecule has 0 bridgehead atoms. The van der Waals surface area contributed by atoms with Gasteiger partial charge in [-0.2, -0.15) is 0 Å². The van der Waals surface area contributed by atoms with Gasteiger partial charge < -0.3 is 14.6 Å². The average molecular weight is 208 g/mol. The molecule has 0 amide bonds. The summed E-state index contributed by atoms with van der Waals surface area (Å²) in [6.07, 6.45) is 0. The van der Waals surface area contributed by atoms with Crippen LogP contribution in [0, 0.1) is 13.8 Å². The molecule has 0 fully saturated rings. The van der Waals surface area contributed by atoms with Crippen LogP contribution in [0.1, 0.15) is 18.1 Å². The van der Waals surface area contributed by atoms with Gasteiger partial charge in [0, 0.05) is 0 Å². The van der Waals surface area contributed by atoms with Crippen LogP contribution in [-0.2, 0) is 0 Å². The van der Waals surface area contributed by atoms with Gasteiger partial charge in [-0.25, -0.2) is 0 Å². The summed E-state index contributed by atoms with van der Waals surface area (Å²) in [7, 11) is 0. The zero-order valence-corrected chi connectivity index (χ0v) is 9.33. The first-order chi connectivity index (χ1) is 7.04. The smallest absolute Gasteiger partial charge is 0.163 e. The van der Waals surface area contributed by atoms with Crippen molar-refractivity contribution in [3.05, 3.63) is 23.3 Å². The Labute approximate surface area is 89.6 Å². The van der Waals surface area contributed by atoms with E-state index in [9.17, 15) is 5.11 Å². The van der Waals surface area contributed by atoms with Gasteiger partial charge in [-0.15, -0.1) is 0 Å². The van der Waals surface area contributed by atoms with E-state index in [4.69, 9.17) is 9.47 Å². The lowest BCUT2D eigenvalue weighted by Crippen LogP contribution is -2.45. The highest BCUT2D eigenvalue weighted by molar-refractivity contribution is 5.47. The van der Waals surface area contributed by atoms with Gasteiger partial charge in [-0.1, -0.05) is 0 Å². The maximum Gasteiger partial charge on any atom is 0.163 e. The Balaban J connectivity index is 2.38. The summed E-state index contributed by atoms with van der Waals surface area (Å²) in [6, 6.07) is 3.93. The van der Waals surface area contributed by atoms with Crippen LogP contribution < -0.4 is 9.47 Å². The number of aliphatic hydroxyl groups excluding tert-OH is 1. The summed E-state index contributed by atoms with van der Waals surface area (Å²) in [5, 5.41) is 9.19. The highest BCUT2D eigenvalue weighted by atomic mass is 16.6. The van der Waals surface area contributed by atoms with Crippen molar-refractivity contribution in [1.82, 2.24) is 0 Å². The van der Waals surface area contributed by atoms with E-state index in [1.807, 2.05) is 32.9 Å². The molecule has 0 radical (unpaired) electrons. The van der Waals surface area contributed by atoms with Gasteiger partial charge in [-0.3, -0.25) is 0 Å². The second-order valence-corrected chi connectivity index (χ2v) is 4.38. The number of aryl methyl sites for hydroxylation is 2. The molecular formula is C12H16O3. The monoisotopic (exact) mass is 208 g/mol. The Morgan fingerprint density at radius 2 is 1.87 bits per heavy atom. The van der Waals surface area contributed by atoms with E-state index in [0.717, 1.165) is 11.5 Å². The van der Waals surface area contributed by atoms with Crippen LogP contribution in [-0.4, -0.2) is 23.9 Å². The van der Waals surface area contributed by atoms with Crippen molar-refractivity contribution in [2.75, 3.05) is 13.2 Å². The normalized spacial score (nSPS) is 24.0. The van der Waals surface area contributed by atoms with Crippen LogP contribution >= 0.6 is 0 Å². The van der Waals surface area contributed by atoms with Crippen LogP contribution in [0.15, 0.2) is 12.1 Å². The number of benzene rings is 1. The van der Waals surface area contributed by atoms with E-state index in [-0.39, 0.29) is 6.61 Å². The number of hydrogen-bond acceptors (Lipinski definition) is 3. The Morgan fingerprint density at radius 3 is 2.47 bits per heavy atom. The molecule has 1 aliphatic heterocycles. The molecule has 1 aromatic rings. The second kappa shape index (κ2) is 3.42. The summed E-state index contributed by atoms with van der Waals surface area (Å²) in [5.74, 6) is 1.49. The van der Waals surface area contributed by atoms with Crippen LogP contribution in [0.3, 0.4) is 0 Å². The molecule has 82 valence electrons. The van der Waals surface area contributed by atoms with Gasteiger partial charge in [0.1, 0.15) is 6.61 Å². The van der Waals surface area contributed by atoms with Crippen molar-refractivity contribution < 1.29 is 14.6 Å². The molecule has 0 aromatic heterocycles. The average Bonchev–Trinajstić information content (AvgIpc) is 2.21. The van der Waals surface area contributed by atoms with Gasteiger partial charge in [0.25, 0.3) is 0 Å². The quantitative estimate of drug-likeness (QED) is 0.765. The molecule has 15 heavy (non-hydrogen) atoms. The number of hydrogen-bond donors (Lipinski definition) is 1. The summed E-state index contributed by atoms with van der Waals surface area (Å²) in [5.41, 5.74) is 1.74. The number of fused-ring (bicyclic) bond motifs is 1. The summed E-state index contributed by atoms with van der Waals surface area (Å²) < 4.78 is 11.3. The lowest BCUT2D eigenvalue weighted by Gasteiger charge is -2.34. The zero-order valence-electron chi connectivity index (χ0n) is 9.33. The first-order valence-corrected chi connectivity index (χ1v) is 5.08. The van der Waals surface area contributed by atoms with Gasteiger partial charge in [-0.05, 0) is 44.0 Å². The maximum atomic E-state index is 9.19. The van der Waals surface area contributed by atoms with Crippen molar-refractivity contribution in [2.45, 2.75) is 26.4 Å². The minimum absolute atomic E-state index is 0.0423. The highest BCUT2D eigenvalue weighted by Crippen LogP contribution is 2.37. The molecule has 1 unspecified atom stereocenters. The van der Waals surface area contributed by atoms with Gasteiger partial charge in [0.05, 0.1) is 6.61 Å². The van der Waals surface area contributed by atoms with Crippen molar-refractivity contribution >= 4 is 0 Å². The summed E-state index contributed by atoms with van der Waals surface area (Å²) >= 11 is 0. The second-order valence-electron chi connectivity index (χ2n) is 4.38. The van der Waals surface area contributed by atoms with Crippen LogP contribution in [0.2, 0.25) is 0 Å². The fraction of sp³-hybridized carbons (Fsp3) is 0.500. The largest absolute Gasteiger partial charge is 0.485 e. The van der Waals surface area contributed by atoms with Crippen molar-refractivity contribution in [2.24, 2.45) is 0 Å². The molecule has 0 aliphatic carbocycles. The summed E-state index contributed by atoms with van der Waals surface area (Å²) in [4.78, 5) is 0. The fourth-order valence-electron chi connectivity index (χ4n) is 1.56.